The fourth-order valence-corrected chi connectivity index (χ4v) is 2.82. The van der Waals surface area contributed by atoms with Crippen LogP contribution < -0.4 is 15.4 Å². The number of amides is 1. The predicted molar refractivity (Wildman–Crippen MR) is 98.2 cm³/mol. The summed E-state index contributed by atoms with van der Waals surface area (Å²) in [6, 6.07) is 12.2. The number of rotatable bonds is 5. The summed E-state index contributed by atoms with van der Waals surface area (Å²) in [4.78, 5) is 23.0. The molecule has 2 N–H and O–H groups in total. The van der Waals surface area contributed by atoms with Gasteiger partial charge in [-0.1, -0.05) is 18.2 Å². The maximum atomic E-state index is 12.3. The van der Waals surface area contributed by atoms with Crippen LogP contribution in [0.25, 0.3) is 5.57 Å². The van der Waals surface area contributed by atoms with Gasteiger partial charge in [-0.25, -0.2) is 0 Å². The number of ether oxygens (including phenoxy) is 1. The largest absolute Gasteiger partial charge is 0.496 e. The van der Waals surface area contributed by atoms with E-state index in [0.29, 0.717) is 16.8 Å². The first-order valence-electron chi connectivity index (χ1n) is 8.16. The smallest absolute Gasteiger partial charge is 0.255 e. The van der Waals surface area contributed by atoms with E-state index in [4.69, 9.17) is 4.74 Å². The van der Waals surface area contributed by atoms with Gasteiger partial charge in [0.05, 0.1) is 7.11 Å². The van der Waals surface area contributed by atoms with Gasteiger partial charge in [0.2, 0.25) is 0 Å². The number of benzene rings is 2. The van der Waals surface area contributed by atoms with Crippen LogP contribution in [-0.4, -0.2) is 32.4 Å². The average molecular weight is 336 g/mol. The highest BCUT2D eigenvalue weighted by molar-refractivity contribution is 6.04. The Hall–Kier alpha value is -2.92. The number of anilines is 1. The van der Waals surface area contributed by atoms with Gasteiger partial charge in [-0.2, -0.15) is 0 Å². The maximum Gasteiger partial charge on any atom is 0.255 e. The summed E-state index contributed by atoms with van der Waals surface area (Å²) in [6.07, 6.45) is 3.86. The number of hydrogen-bond donors (Lipinski definition) is 2. The number of carbonyl (C=O) groups is 2. The Morgan fingerprint density at radius 3 is 2.64 bits per heavy atom. The lowest BCUT2D eigenvalue weighted by atomic mass is 9.99. The summed E-state index contributed by atoms with van der Waals surface area (Å²) in [7, 11) is 1.63. The first-order valence-corrected chi connectivity index (χ1v) is 8.16. The van der Waals surface area contributed by atoms with Crippen molar-refractivity contribution in [3.8, 4) is 5.75 Å². The monoisotopic (exact) mass is 336 g/mol. The Morgan fingerprint density at radius 1 is 1.20 bits per heavy atom. The van der Waals surface area contributed by atoms with Crippen LogP contribution in [0.3, 0.4) is 0 Å². The van der Waals surface area contributed by atoms with E-state index < -0.39 is 0 Å². The molecule has 2 aromatic carbocycles. The topological polar surface area (TPSA) is 67.4 Å². The van der Waals surface area contributed by atoms with Crippen LogP contribution in [0, 0.1) is 0 Å². The molecule has 0 fully saturated rings. The van der Waals surface area contributed by atoms with Crippen LogP contribution >= 0.6 is 0 Å². The highest BCUT2D eigenvalue weighted by atomic mass is 16.5. The standard InChI is InChI=1S/C20H20N2O3/c1-25-19-12-17(6-7-18(19)15-8-10-21-11-9-15)22-20(24)16-4-2-14(13-23)3-5-16/h2-8,12-13,21H,9-11H2,1H3,(H,22,24). The third kappa shape index (κ3) is 3.95. The van der Waals surface area contributed by atoms with E-state index in [1.807, 2.05) is 18.2 Å². The van der Waals surface area contributed by atoms with Gasteiger partial charge in [0, 0.05) is 35.0 Å². The Bertz CT molecular complexity index is 810. The molecular weight excluding hydrogens is 316 g/mol. The highest BCUT2D eigenvalue weighted by Crippen LogP contribution is 2.31. The first-order chi connectivity index (χ1) is 12.2. The van der Waals surface area contributed by atoms with Crippen LogP contribution in [0.5, 0.6) is 5.75 Å². The Balaban J connectivity index is 1.79. The molecule has 0 aromatic heterocycles. The summed E-state index contributed by atoms with van der Waals surface area (Å²) >= 11 is 0. The fraction of sp³-hybridized carbons (Fsp3) is 0.200. The summed E-state index contributed by atoms with van der Waals surface area (Å²) in [5, 5.41) is 6.15. The normalized spacial score (nSPS) is 13.7. The molecule has 1 amide bonds. The van der Waals surface area contributed by atoms with E-state index in [9.17, 15) is 9.59 Å². The van der Waals surface area contributed by atoms with E-state index >= 15 is 0 Å². The number of carbonyl (C=O) groups excluding carboxylic acids is 2. The second-order valence-corrected chi connectivity index (χ2v) is 5.79. The number of hydrogen-bond acceptors (Lipinski definition) is 4. The minimum absolute atomic E-state index is 0.228. The van der Waals surface area contributed by atoms with Gasteiger partial charge in [-0.15, -0.1) is 0 Å². The molecule has 5 heteroatoms. The summed E-state index contributed by atoms with van der Waals surface area (Å²) in [5.41, 5.74) is 4.00. The van der Waals surface area contributed by atoms with Crippen LogP contribution in [0.4, 0.5) is 5.69 Å². The quantitative estimate of drug-likeness (QED) is 0.823. The first kappa shape index (κ1) is 16.9. The average Bonchev–Trinajstić information content (AvgIpc) is 2.68. The molecule has 0 saturated heterocycles. The molecular formula is C20H20N2O3. The van der Waals surface area contributed by atoms with E-state index in [0.717, 1.165) is 37.1 Å². The zero-order chi connectivity index (χ0) is 17.6. The SMILES string of the molecule is COc1cc(NC(=O)c2ccc(C=O)cc2)ccc1C1=CCNCC1. The zero-order valence-electron chi connectivity index (χ0n) is 14.0. The van der Waals surface area contributed by atoms with Crippen LogP contribution in [0.1, 0.15) is 32.7 Å². The molecule has 0 atom stereocenters. The molecule has 1 heterocycles. The molecule has 0 aliphatic carbocycles. The van der Waals surface area contributed by atoms with Crippen molar-refractivity contribution < 1.29 is 14.3 Å². The number of aldehydes is 1. The minimum atomic E-state index is -0.228. The Kier molecular flexibility index (Phi) is 5.26. The summed E-state index contributed by atoms with van der Waals surface area (Å²) in [5.74, 6) is 0.510. The molecule has 0 spiro atoms. The van der Waals surface area contributed by atoms with Crippen molar-refractivity contribution in [2.24, 2.45) is 0 Å². The molecule has 0 bridgehead atoms. The van der Waals surface area contributed by atoms with Crippen molar-refractivity contribution >= 4 is 23.5 Å². The van der Waals surface area contributed by atoms with Crippen molar-refractivity contribution in [1.82, 2.24) is 5.32 Å². The molecule has 25 heavy (non-hydrogen) atoms. The van der Waals surface area contributed by atoms with Crippen molar-refractivity contribution in [2.75, 3.05) is 25.5 Å². The predicted octanol–water partition coefficient (Wildman–Crippen LogP) is 3.14. The van der Waals surface area contributed by atoms with Crippen molar-refractivity contribution in [2.45, 2.75) is 6.42 Å². The van der Waals surface area contributed by atoms with E-state index in [-0.39, 0.29) is 5.91 Å². The van der Waals surface area contributed by atoms with Crippen molar-refractivity contribution in [3.63, 3.8) is 0 Å². The Morgan fingerprint density at radius 2 is 2.00 bits per heavy atom. The molecule has 128 valence electrons. The van der Waals surface area contributed by atoms with Gasteiger partial charge in [-0.3, -0.25) is 9.59 Å². The lowest BCUT2D eigenvalue weighted by molar-refractivity contribution is 0.102. The van der Waals surface area contributed by atoms with E-state index in [1.165, 1.54) is 5.57 Å². The van der Waals surface area contributed by atoms with Gasteiger partial charge in [0.15, 0.2) is 0 Å². The second-order valence-electron chi connectivity index (χ2n) is 5.79. The molecule has 1 aliphatic heterocycles. The van der Waals surface area contributed by atoms with Crippen LogP contribution in [0.15, 0.2) is 48.5 Å². The van der Waals surface area contributed by atoms with E-state index in [2.05, 4.69) is 16.7 Å². The van der Waals surface area contributed by atoms with Gasteiger partial charge in [0.25, 0.3) is 5.91 Å². The molecule has 1 aliphatic rings. The van der Waals surface area contributed by atoms with Gasteiger partial charge >= 0.3 is 0 Å². The van der Waals surface area contributed by atoms with Crippen LogP contribution in [0.2, 0.25) is 0 Å². The molecule has 2 aromatic rings. The number of methoxy groups -OCH3 is 1. The lowest BCUT2D eigenvalue weighted by Crippen LogP contribution is -2.20. The van der Waals surface area contributed by atoms with Crippen molar-refractivity contribution in [3.05, 3.63) is 65.2 Å². The third-order valence-corrected chi connectivity index (χ3v) is 4.18. The molecule has 0 radical (unpaired) electrons. The molecule has 0 saturated carbocycles. The molecule has 3 rings (SSSR count). The summed E-state index contributed by atoms with van der Waals surface area (Å²) < 4.78 is 5.51. The third-order valence-electron chi connectivity index (χ3n) is 4.18. The van der Waals surface area contributed by atoms with Gasteiger partial charge in [-0.05, 0) is 42.8 Å². The molecule has 0 unspecified atom stereocenters. The second kappa shape index (κ2) is 7.77. The van der Waals surface area contributed by atoms with Gasteiger partial charge in [0.1, 0.15) is 12.0 Å². The Labute approximate surface area is 146 Å². The maximum absolute atomic E-state index is 12.3. The summed E-state index contributed by atoms with van der Waals surface area (Å²) in [6.45, 7) is 1.80. The molecule has 5 nitrogen and oxygen atoms in total. The van der Waals surface area contributed by atoms with Crippen molar-refractivity contribution in [1.29, 1.82) is 0 Å². The van der Waals surface area contributed by atoms with E-state index in [1.54, 1.807) is 31.4 Å². The minimum Gasteiger partial charge on any atom is -0.496 e. The van der Waals surface area contributed by atoms with Crippen LogP contribution in [-0.2, 0) is 0 Å². The number of nitrogens with one attached hydrogen (secondary N) is 2. The fourth-order valence-electron chi connectivity index (χ4n) is 2.82. The lowest BCUT2D eigenvalue weighted by Gasteiger charge is -2.17. The van der Waals surface area contributed by atoms with Gasteiger partial charge < -0.3 is 15.4 Å². The zero-order valence-corrected chi connectivity index (χ0v) is 14.0. The highest BCUT2D eigenvalue weighted by Gasteiger charge is 2.13.